The molecule has 0 saturated carbocycles. The van der Waals surface area contributed by atoms with Gasteiger partial charge in [-0.1, -0.05) is 35.0 Å². The summed E-state index contributed by atoms with van der Waals surface area (Å²) in [6.45, 7) is 5.82. The molecule has 7 heteroatoms. The first kappa shape index (κ1) is 18.2. The van der Waals surface area contributed by atoms with Crippen molar-refractivity contribution in [2.45, 2.75) is 13.5 Å². The maximum Gasteiger partial charge on any atom is 0.273 e. The van der Waals surface area contributed by atoms with Crippen molar-refractivity contribution in [3.05, 3.63) is 71.5 Å². The number of rotatable bonds is 5. The van der Waals surface area contributed by atoms with Gasteiger partial charge in [0.15, 0.2) is 5.69 Å². The Morgan fingerprint density at radius 1 is 1.04 bits per heavy atom. The van der Waals surface area contributed by atoms with Crippen LogP contribution in [0.1, 0.15) is 21.6 Å². The second-order valence-electron chi connectivity index (χ2n) is 6.83. The smallest absolute Gasteiger partial charge is 0.273 e. The normalized spacial score (nSPS) is 14.1. The number of hydrogen-bond donors (Lipinski definition) is 1. The lowest BCUT2D eigenvalue weighted by Gasteiger charge is -2.28. The molecule has 0 radical (unpaired) electrons. The average Bonchev–Trinajstić information content (AvgIpc) is 3.24. The zero-order valence-electron chi connectivity index (χ0n) is 15.8. The van der Waals surface area contributed by atoms with Crippen LogP contribution in [0.25, 0.3) is 5.69 Å². The Labute approximate surface area is 163 Å². The lowest BCUT2D eigenvalue weighted by Crippen LogP contribution is -2.36. The molecule has 1 saturated heterocycles. The van der Waals surface area contributed by atoms with Gasteiger partial charge >= 0.3 is 0 Å². The van der Waals surface area contributed by atoms with E-state index in [9.17, 15) is 4.79 Å². The van der Waals surface area contributed by atoms with Crippen LogP contribution in [-0.2, 0) is 11.3 Å². The van der Waals surface area contributed by atoms with E-state index in [1.54, 1.807) is 10.9 Å². The first-order valence-electron chi connectivity index (χ1n) is 9.38. The summed E-state index contributed by atoms with van der Waals surface area (Å²) >= 11 is 0. The molecule has 2 heterocycles. The number of amides is 1. The molecule has 1 fully saturated rings. The highest BCUT2D eigenvalue weighted by Gasteiger charge is 2.13. The van der Waals surface area contributed by atoms with Gasteiger partial charge in [-0.2, -0.15) is 0 Å². The highest BCUT2D eigenvalue weighted by Crippen LogP contribution is 2.16. The first-order valence-corrected chi connectivity index (χ1v) is 9.38. The highest BCUT2D eigenvalue weighted by molar-refractivity contribution is 5.91. The topological polar surface area (TPSA) is 72.3 Å². The van der Waals surface area contributed by atoms with Crippen LogP contribution in [0.2, 0.25) is 0 Å². The Kier molecular flexibility index (Phi) is 5.34. The van der Waals surface area contributed by atoms with Gasteiger partial charge in [0.25, 0.3) is 5.91 Å². The van der Waals surface area contributed by atoms with Gasteiger partial charge in [-0.15, -0.1) is 5.10 Å². The Bertz CT molecular complexity index is 928. The van der Waals surface area contributed by atoms with E-state index in [0.717, 1.165) is 37.6 Å². The summed E-state index contributed by atoms with van der Waals surface area (Å²) in [4.78, 5) is 14.7. The van der Waals surface area contributed by atoms with Crippen molar-refractivity contribution in [2.24, 2.45) is 0 Å². The van der Waals surface area contributed by atoms with Crippen LogP contribution in [0.4, 0.5) is 5.69 Å². The van der Waals surface area contributed by atoms with Gasteiger partial charge in [0.05, 0.1) is 25.1 Å². The van der Waals surface area contributed by atoms with Crippen molar-refractivity contribution in [1.29, 1.82) is 0 Å². The molecule has 1 aliphatic rings. The van der Waals surface area contributed by atoms with Gasteiger partial charge in [-0.05, 0) is 36.8 Å². The molecule has 0 bridgehead atoms. The van der Waals surface area contributed by atoms with Crippen molar-refractivity contribution < 1.29 is 9.53 Å². The molecule has 1 N–H and O–H groups in total. The fourth-order valence-electron chi connectivity index (χ4n) is 3.11. The third-order valence-corrected chi connectivity index (χ3v) is 4.79. The summed E-state index contributed by atoms with van der Waals surface area (Å²) < 4.78 is 6.99. The number of carbonyl (C=O) groups excluding carboxylic acids is 1. The number of hydrogen-bond acceptors (Lipinski definition) is 5. The molecule has 1 amide bonds. The highest BCUT2D eigenvalue weighted by atomic mass is 16.5. The fraction of sp³-hybridized carbons (Fsp3) is 0.286. The van der Waals surface area contributed by atoms with Gasteiger partial charge in [-0.25, -0.2) is 4.68 Å². The Morgan fingerprint density at radius 2 is 1.71 bits per heavy atom. The van der Waals surface area contributed by atoms with Gasteiger partial charge in [0.2, 0.25) is 0 Å². The number of nitrogens with zero attached hydrogens (tertiary/aromatic N) is 4. The van der Waals surface area contributed by atoms with Gasteiger partial charge < -0.3 is 15.0 Å². The van der Waals surface area contributed by atoms with E-state index in [0.29, 0.717) is 12.2 Å². The second-order valence-corrected chi connectivity index (χ2v) is 6.83. The van der Waals surface area contributed by atoms with E-state index < -0.39 is 0 Å². The lowest BCUT2D eigenvalue weighted by atomic mass is 10.2. The van der Waals surface area contributed by atoms with Gasteiger partial charge in [0, 0.05) is 25.3 Å². The van der Waals surface area contributed by atoms with Crippen LogP contribution in [0.15, 0.2) is 54.7 Å². The zero-order valence-corrected chi connectivity index (χ0v) is 15.8. The molecule has 144 valence electrons. The maximum absolute atomic E-state index is 12.4. The van der Waals surface area contributed by atoms with Crippen LogP contribution in [-0.4, -0.2) is 47.2 Å². The summed E-state index contributed by atoms with van der Waals surface area (Å²) in [5.41, 5.74) is 4.55. The van der Waals surface area contributed by atoms with E-state index >= 15 is 0 Å². The summed E-state index contributed by atoms with van der Waals surface area (Å²) in [5.74, 6) is -0.240. The minimum Gasteiger partial charge on any atom is -0.378 e. The van der Waals surface area contributed by atoms with Crippen LogP contribution in [0.5, 0.6) is 0 Å². The molecule has 1 aliphatic heterocycles. The van der Waals surface area contributed by atoms with Crippen molar-refractivity contribution in [3.8, 4) is 5.69 Å². The summed E-state index contributed by atoms with van der Waals surface area (Å²) in [7, 11) is 0. The molecule has 4 rings (SSSR count). The molecule has 3 aromatic rings. The van der Waals surface area contributed by atoms with E-state index in [1.165, 1.54) is 11.3 Å². The molecule has 0 atom stereocenters. The molecular formula is C21H23N5O2. The molecular weight excluding hydrogens is 354 g/mol. The summed E-state index contributed by atoms with van der Waals surface area (Å²) in [6.07, 6.45) is 1.64. The minimum absolute atomic E-state index is 0.240. The maximum atomic E-state index is 12.4. The monoisotopic (exact) mass is 377 g/mol. The predicted octanol–water partition coefficient (Wildman–Crippen LogP) is 2.34. The summed E-state index contributed by atoms with van der Waals surface area (Å²) in [5, 5.41) is 10.9. The second kappa shape index (κ2) is 8.22. The third kappa shape index (κ3) is 4.20. The third-order valence-electron chi connectivity index (χ3n) is 4.79. The lowest BCUT2D eigenvalue weighted by molar-refractivity contribution is 0.0946. The number of anilines is 1. The number of carbonyl (C=O) groups is 1. The number of benzene rings is 2. The van der Waals surface area contributed by atoms with Crippen LogP contribution in [0.3, 0.4) is 0 Å². The van der Waals surface area contributed by atoms with Gasteiger partial charge in [0.1, 0.15) is 0 Å². The van der Waals surface area contributed by atoms with Crippen LogP contribution in [0, 0.1) is 6.92 Å². The van der Waals surface area contributed by atoms with E-state index in [1.807, 2.05) is 43.3 Å². The van der Waals surface area contributed by atoms with Crippen LogP contribution >= 0.6 is 0 Å². The molecule has 28 heavy (non-hydrogen) atoms. The van der Waals surface area contributed by atoms with Crippen LogP contribution < -0.4 is 10.2 Å². The molecule has 0 unspecified atom stereocenters. The fourth-order valence-corrected chi connectivity index (χ4v) is 3.11. The zero-order chi connectivity index (χ0) is 19.3. The van der Waals surface area contributed by atoms with E-state index in [-0.39, 0.29) is 5.91 Å². The molecule has 1 aromatic heterocycles. The number of nitrogens with one attached hydrogen (secondary N) is 1. The Balaban J connectivity index is 1.34. The number of morpholine rings is 1. The van der Waals surface area contributed by atoms with E-state index in [2.05, 4.69) is 32.7 Å². The van der Waals surface area contributed by atoms with Crippen molar-refractivity contribution in [2.75, 3.05) is 31.2 Å². The van der Waals surface area contributed by atoms with Gasteiger partial charge in [-0.3, -0.25) is 4.79 Å². The minimum atomic E-state index is -0.240. The van der Waals surface area contributed by atoms with Crippen molar-refractivity contribution >= 4 is 11.6 Å². The number of ether oxygens (including phenoxy) is 1. The van der Waals surface area contributed by atoms with Crippen molar-refractivity contribution in [1.82, 2.24) is 20.3 Å². The Morgan fingerprint density at radius 3 is 2.43 bits per heavy atom. The molecule has 2 aromatic carbocycles. The first-order chi connectivity index (χ1) is 13.7. The Hall–Kier alpha value is -3.19. The standard InChI is InChI=1S/C21H23N5O2/c1-16-2-6-19(7-3-16)26-15-20(23-24-26)21(27)22-14-17-4-8-18(9-5-17)25-10-12-28-13-11-25/h2-9,15H,10-14H2,1H3,(H,22,27). The van der Waals surface area contributed by atoms with Crippen molar-refractivity contribution in [3.63, 3.8) is 0 Å². The molecule has 0 spiro atoms. The average molecular weight is 377 g/mol. The quantitative estimate of drug-likeness (QED) is 0.739. The largest absolute Gasteiger partial charge is 0.378 e. The van der Waals surface area contributed by atoms with E-state index in [4.69, 9.17) is 4.74 Å². The summed E-state index contributed by atoms with van der Waals surface area (Å²) in [6, 6.07) is 16.1. The number of aryl methyl sites for hydroxylation is 1. The molecule has 0 aliphatic carbocycles. The predicted molar refractivity (Wildman–Crippen MR) is 107 cm³/mol. The molecule has 7 nitrogen and oxygen atoms in total. The number of aromatic nitrogens is 3. The SMILES string of the molecule is Cc1ccc(-n2cc(C(=O)NCc3ccc(N4CCOCC4)cc3)nn2)cc1.